The maximum absolute atomic E-state index is 12.1. The highest BCUT2D eigenvalue weighted by atomic mass is 79.9. The molecule has 1 aromatic rings. The first kappa shape index (κ1) is 15.0. The van der Waals surface area contributed by atoms with Gasteiger partial charge in [0.05, 0.1) is 17.0 Å². The van der Waals surface area contributed by atoms with E-state index in [-0.39, 0.29) is 11.9 Å². The van der Waals surface area contributed by atoms with E-state index < -0.39 is 0 Å². The van der Waals surface area contributed by atoms with E-state index in [9.17, 15) is 4.79 Å². The number of hydrogen-bond donors (Lipinski definition) is 1. The summed E-state index contributed by atoms with van der Waals surface area (Å²) < 4.78 is 6.58. The molecule has 106 valence electrons. The fourth-order valence-electron chi connectivity index (χ4n) is 2.07. The first-order valence-corrected chi connectivity index (χ1v) is 8.15. The van der Waals surface area contributed by atoms with Crippen molar-refractivity contribution in [3.05, 3.63) is 20.8 Å². The molecule has 19 heavy (non-hydrogen) atoms. The quantitative estimate of drug-likeness (QED) is 0.888. The van der Waals surface area contributed by atoms with Crippen molar-refractivity contribution in [2.24, 2.45) is 0 Å². The molecule has 0 bridgehead atoms. The standard InChI is InChI=1S/C13H19BrN2O2S/c1-2-5-15-13(17)11-9-18-7-6-16(11)8-10-3-4-12(14)19-10/h3-4,11H,2,5-9H2,1H3,(H,15,17). The lowest BCUT2D eigenvalue weighted by molar-refractivity contribution is -0.132. The van der Waals surface area contributed by atoms with Crippen LogP contribution in [0.3, 0.4) is 0 Å². The van der Waals surface area contributed by atoms with Crippen LogP contribution in [0.25, 0.3) is 0 Å². The molecule has 6 heteroatoms. The third-order valence-corrected chi connectivity index (χ3v) is 4.69. The smallest absolute Gasteiger partial charge is 0.239 e. The van der Waals surface area contributed by atoms with Gasteiger partial charge in [0.25, 0.3) is 0 Å². The summed E-state index contributed by atoms with van der Waals surface area (Å²) in [5.41, 5.74) is 0. The summed E-state index contributed by atoms with van der Waals surface area (Å²) >= 11 is 5.19. The molecule has 0 saturated carbocycles. The number of rotatable bonds is 5. The zero-order valence-electron chi connectivity index (χ0n) is 11.0. The normalized spacial score (nSPS) is 20.4. The minimum atomic E-state index is -0.166. The van der Waals surface area contributed by atoms with Gasteiger partial charge >= 0.3 is 0 Å². The zero-order chi connectivity index (χ0) is 13.7. The second-order valence-corrected chi connectivity index (χ2v) is 7.11. The summed E-state index contributed by atoms with van der Waals surface area (Å²) in [6.45, 7) is 5.59. The highest BCUT2D eigenvalue weighted by Gasteiger charge is 2.29. The number of morpholine rings is 1. The average molecular weight is 347 g/mol. The predicted molar refractivity (Wildman–Crippen MR) is 80.3 cm³/mol. The monoisotopic (exact) mass is 346 g/mol. The Morgan fingerprint density at radius 3 is 3.16 bits per heavy atom. The van der Waals surface area contributed by atoms with Gasteiger partial charge in [-0.2, -0.15) is 0 Å². The van der Waals surface area contributed by atoms with Crippen LogP contribution in [0.4, 0.5) is 0 Å². The van der Waals surface area contributed by atoms with Crippen LogP contribution < -0.4 is 5.32 Å². The fourth-order valence-corrected chi connectivity index (χ4v) is 3.58. The molecule has 0 aliphatic carbocycles. The van der Waals surface area contributed by atoms with E-state index in [1.165, 1.54) is 4.88 Å². The number of carbonyl (C=O) groups excluding carboxylic acids is 1. The summed E-state index contributed by atoms with van der Waals surface area (Å²) in [7, 11) is 0. The lowest BCUT2D eigenvalue weighted by atomic mass is 10.2. The number of hydrogen-bond acceptors (Lipinski definition) is 4. The second-order valence-electron chi connectivity index (χ2n) is 4.56. The Hall–Kier alpha value is -0.430. The fraction of sp³-hybridized carbons (Fsp3) is 0.615. The van der Waals surface area contributed by atoms with E-state index in [1.807, 2.05) is 6.07 Å². The third-order valence-electron chi connectivity index (χ3n) is 3.08. The Kier molecular flexibility index (Phi) is 5.81. The highest BCUT2D eigenvalue weighted by molar-refractivity contribution is 9.11. The molecule has 1 aliphatic heterocycles. The molecule has 1 saturated heterocycles. The van der Waals surface area contributed by atoms with Crippen LogP contribution >= 0.6 is 27.3 Å². The molecule has 1 aromatic heterocycles. The predicted octanol–water partition coefficient (Wildman–Crippen LogP) is 2.24. The van der Waals surface area contributed by atoms with Gasteiger partial charge in [-0.25, -0.2) is 0 Å². The van der Waals surface area contributed by atoms with Crippen molar-refractivity contribution in [1.82, 2.24) is 10.2 Å². The third kappa shape index (κ3) is 4.27. The molecule has 4 nitrogen and oxygen atoms in total. The van der Waals surface area contributed by atoms with Gasteiger partial charge in [-0.3, -0.25) is 9.69 Å². The molecule has 1 atom stereocenters. The van der Waals surface area contributed by atoms with Crippen molar-refractivity contribution in [2.45, 2.75) is 25.9 Å². The molecule has 1 aliphatic rings. The molecule has 2 rings (SSSR count). The van der Waals surface area contributed by atoms with Crippen LogP contribution in [0, 0.1) is 0 Å². The SMILES string of the molecule is CCCNC(=O)C1COCCN1Cc1ccc(Br)s1. The van der Waals surface area contributed by atoms with Crippen LogP contribution in [0.1, 0.15) is 18.2 Å². The Balaban J connectivity index is 1.97. The van der Waals surface area contributed by atoms with Gasteiger partial charge in [-0.05, 0) is 34.5 Å². The highest BCUT2D eigenvalue weighted by Crippen LogP contribution is 2.24. The lowest BCUT2D eigenvalue weighted by Crippen LogP contribution is -2.53. The van der Waals surface area contributed by atoms with Gasteiger partial charge in [-0.15, -0.1) is 11.3 Å². The number of nitrogens with zero attached hydrogens (tertiary/aromatic N) is 1. The minimum absolute atomic E-state index is 0.0807. The summed E-state index contributed by atoms with van der Waals surface area (Å²) in [5.74, 6) is 0.0807. The summed E-state index contributed by atoms with van der Waals surface area (Å²) in [6.07, 6.45) is 0.956. The van der Waals surface area contributed by atoms with E-state index in [0.29, 0.717) is 13.2 Å². The zero-order valence-corrected chi connectivity index (χ0v) is 13.4. The molecule has 1 unspecified atom stereocenters. The Morgan fingerprint density at radius 2 is 2.47 bits per heavy atom. The molecule has 1 amide bonds. The van der Waals surface area contributed by atoms with Gasteiger partial charge in [0, 0.05) is 24.5 Å². The second kappa shape index (κ2) is 7.38. The van der Waals surface area contributed by atoms with Gasteiger partial charge in [0.2, 0.25) is 5.91 Å². The van der Waals surface area contributed by atoms with Gasteiger partial charge in [0.1, 0.15) is 6.04 Å². The first-order chi connectivity index (χ1) is 9.20. The Bertz CT molecular complexity index is 425. The molecular weight excluding hydrogens is 328 g/mol. The summed E-state index contributed by atoms with van der Waals surface area (Å²) in [4.78, 5) is 15.6. The van der Waals surface area contributed by atoms with E-state index in [4.69, 9.17) is 4.74 Å². The van der Waals surface area contributed by atoms with Crippen LogP contribution in [0.2, 0.25) is 0 Å². The number of ether oxygens (including phenoxy) is 1. The molecule has 0 radical (unpaired) electrons. The Morgan fingerprint density at radius 1 is 1.63 bits per heavy atom. The van der Waals surface area contributed by atoms with E-state index in [0.717, 1.165) is 29.8 Å². The van der Waals surface area contributed by atoms with Crippen molar-refractivity contribution < 1.29 is 9.53 Å². The number of halogens is 1. The topological polar surface area (TPSA) is 41.6 Å². The lowest BCUT2D eigenvalue weighted by Gasteiger charge is -2.34. The largest absolute Gasteiger partial charge is 0.378 e. The van der Waals surface area contributed by atoms with Crippen molar-refractivity contribution in [1.29, 1.82) is 0 Å². The number of amides is 1. The number of thiophene rings is 1. The van der Waals surface area contributed by atoms with E-state index >= 15 is 0 Å². The molecule has 0 spiro atoms. The Labute approximate surface area is 126 Å². The van der Waals surface area contributed by atoms with E-state index in [2.05, 4.69) is 39.1 Å². The maximum atomic E-state index is 12.1. The van der Waals surface area contributed by atoms with Crippen LogP contribution in [-0.4, -0.2) is 43.2 Å². The van der Waals surface area contributed by atoms with Crippen LogP contribution in [0.5, 0.6) is 0 Å². The average Bonchev–Trinajstić information content (AvgIpc) is 2.82. The molecule has 0 aromatic carbocycles. The van der Waals surface area contributed by atoms with E-state index in [1.54, 1.807) is 11.3 Å². The number of carbonyl (C=O) groups is 1. The maximum Gasteiger partial charge on any atom is 0.239 e. The molecular formula is C13H19BrN2O2S. The van der Waals surface area contributed by atoms with Gasteiger partial charge in [0.15, 0.2) is 0 Å². The first-order valence-electron chi connectivity index (χ1n) is 6.54. The van der Waals surface area contributed by atoms with Crippen molar-refractivity contribution in [3.8, 4) is 0 Å². The summed E-state index contributed by atoms with van der Waals surface area (Å²) in [6, 6.07) is 3.99. The summed E-state index contributed by atoms with van der Waals surface area (Å²) in [5, 5.41) is 2.96. The van der Waals surface area contributed by atoms with Crippen molar-refractivity contribution in [2.75, 3.05) is 26.3 Å². The molecule has 2 heterocycles. The van der Waals surface area contributed by atoms with Crippen LogP contribution in [-0.2, 0) is 16.1 Å². The van der Waals surface area contributed by atoms with Gasteiger partial charge in [-0.1, -0.05) is 6.92 Å². The van der Waals surface area contributed by atoms with Crippen molar-refractivity contribution >= 4 is 33.2 Å². The van der Waals surface area contributed by atoms with Crippen molar-refractivity contribution in [3.63, 3.8) is 0 Å². The van der Waals surface area contributed by atoms with Crippen LogP contribution in [0.15, 0.2) is 15.9 Å². The molecule has 1 N–H and O–H groups in total. The molecule has 1 fully saturated rings. The van der Waals surface area contributed by atoms with Gasteiger partial charge < -0.3 is 10.1 Å². The minimum Gasteiger partial charge on any atom is -0.378 e. The number of nitrogens with one attached hydrogen (secondary N) is 1.